The second kappa shape index (κ2) is 20.8. The van der Waals surface area contributed by atoms with Gasteiger partial charge in [-0.15, -0.1) is 0 Å². The second-order valence-electron chi connectivity index (χ2n) is 18.7. The van der Waals surface area contributed by atoms with E-state index >= 15 is 0 Å². The van der Waals surface area contributed by atoms with Gasteiger partial charge < -0.3 is 41.4 Å². The van der Waals surface area contributed by atoms with Gasteiger partial charge in [0, 0.05) is 86.3 Å². The van der Waals surface area contributed by atoms with Gasteiger partial charge in [-0.3, -0.25) is 14.9 Å². The Morgan fingerprint density at radius 2 is 1.83 bits per heavy atom. The summed E-state index contributed by atoms with van der Waals surface area (Å²) in [4.78, 5) is 23.5. The number of rotatable bonds is 17. The molecule has 5 aromatic rings. The van der Waals surface area contributed by atoms with Crippen molar-refractivity contribution in [2.45, 2.75) is 82.7 Å². The van der Waals surface area contributed by atoms with E-state index in [1.54, 1.807) is 24.4 Å². The second-order valence-corrected chi connectivity index (χ2v) is 20.8. The molecule has 1 aliphatic heterocycles. The molecule has 2 fully saturated rings. The molecule has 2 aliphatic carbocycles. The molecule has 3 aliphatic rings. The fraction of sp³-hybridized carbons (Fsp3) is 0.429. The maximum atomic E-state index is 13.9. The summed E-state index contributed by atoms with van der Waals surface area (Å²) in [5.41, 5.74) is 5.43. The summed E-state index contributed by atoms with van der Waals surface area (Å²) in [6.45, 7) is 12.5. The topological polar surface area (TPSA) is 199 Å². The van der Waals surface area contributed by atoms with Crippen LogP contribution in [-0.4, -0.2) is 92.3 Å². The number of ether oxygens (including phenoxy) is 1. The number of nitrogens with zero attached hydrogens (tertiary/aromatic N) is 3. The van der Waals surface area contributed by atoms with Gasteiger partial charge in [0.15, 0.2) is 0 Å². The van der Waals surface area contributed by atoms with E-state index in [4.69, 9.17) is 16.3 Å². The first-order valence-corrected chi connectivity index (χ1v) is 24.8. The van der Waals surface area contributed by atoms with Crippen LogP contribution in [0.5, 0.6) is 11.5 Å². The van der Waals surface area contributed by atoms with E-state index in [0.717, 1.165) is 82.6 Å². The average molecular weight is 940 g/mol. The average Bonchev–Trinajstić information content (AvgIpc) is 3.77. The zero-order chi connectivity index (χ0) is 46.4. The van der Waals surface area contributed by atoms with Crippen LogP contribution in [0.25, 0.3) is 16.6 Å². The highest BCUT2D eigenvalue weighted by Gasteiger charge is 2.30. The number of anilines is 3. The summed E-state index contributed by atoms with van der Waals surface area (Å²) in [6.07, 6.45) is 10.6. The van der Waals surface area contributed by atoms with Crippen molar-refractivity contribution in [3.8, 4) is 11.5 Å². The third kappa shape index (κ3) is 11.8. The number of aromatic amines is 1. The highest BCUT2D eigenvalue weighted by atomic mass is 35.5. The van der Waals surface area contributed by atoms with Gasteiger partial charge in [0.2, 0.25) is 0 Å². The van der Waals surface area contributed by atoms with Crippen molar-refractivity contribution < 1.29 is 23.2 Å². The number of aromatic nitrogens is 2. The van der Waals surface area contributed by atoms with Crippen LogP contribution in [0.4, 0.5) is 17.1 Å². The number of H-pyrrole nitrogens is 1. The Labute approximate surface area is 392 Å². The van der Waals surface area contributed by atoms with E-state index in [2.05, 4.69) is 73.8 Å². The number of hydrogen-bond donors (Lipinski definition) is 7. The lowest BCUT2D eigenvalue weighted by atomic mass is 9.72. The van der Waals surface area contributed by atoms with Crippen LogP contribution in [0, 0.1) is 16.5 Å². The summed E-state index contributed by atoms with van der Waals surface area (Å²) in [7, 11) is -4.54. The molecule has 3 aromatic carbocycles. The number of benzene rings is 3. The normalized spacial score (nSPS) is 20.2. The predicted molar refractivity (Wildman–Crippen MR) is 262 cm³/mol. The Morgan fingerprint density at radius 3 is 2.61 bits per heavy atom. The highest BCUT2D eigenvalue weighted by molar-refractivity contribution is 7.90. The summed E-state index contributed by atoms with van der Waals surface area (Å²) in [6, 6.07) is 21.3. The van der Waals surface area contributed by atoms with Gasteiger partial charge in [-0.2, -0.15) is 0 Å². The van der Waals surface area contributed by atoms with Crippen molar-refractivity contribution in [1.82, 2.24) is 30.2 Å². The first-order chi connectivity index (χ1) is 31.7. The number of piperazine rings is 1. The molecular weight excluding hydrogens is 878 g/mol. The SMILES string of the molecule is C[C@H]1CN(C2CCC(CNc3ccc(S(=O)(=O)NC(=O)c4ccc(NCCNCC5=C(c6ccc(Cl)cc6)CC(C)(C)CC5)cc4Oc4cnc5[nH]ccc5c4)cc3N([O-])O)CC2)CCN1. The van der Waals surface area contributed by atoms with Gasteiger partial charge in [0.05, 0.1) is 28.0 Å². The number of carbonyl (C=O) groups is 1. The summed E-state index contributed by atoms with van der Waals surface area (Å²) in [5.74, 6) is -0.158. The number of carbonyl (C=O) groups excluding carboxylic acids is 1. The van der Waals surface area contributed by atoms with Gasteiger partial charge in [-0.25, -0.2) is 18.1 Å². The van der Waals surface area contributed by atoms with Crippen molar-refractivity contribution >= 4 is 61.2 Å². The van der Waals surface area contributed by atoms with Crippen molar-refractivity contribution in [3.05, 3.63) is 112 Å². The van der Waals surface area contributed by atoms with Gasteiger partial charge in [0.1, 0.15) is 17.1 Å². The lowest BCUT2D eigenvalue weighted by Crippen LogP contribution is -2.53. The largest absolute Gasteiger partial charge is 0.733 e. The fourth-order valence-electron chi connectivity index (χ4n) is 9.51. The van der Waals surface area contributed by atoms with Crippen molar-refractivity contribution in [2.24, 2.45) is 11.3 Å². The predicted octanol–water partition coefficient (Wildman–Crippen LogP) is 8.75. The molecule has 1 amide bonds. The minimum absolute atomic E-state index is 0.0504. The van der Waals surface area contributed by atoms with Crippen LogP contribution in [-0.2, 0) is 10.0 Å². The Balaban J connectivity index is 0.922. The van der Waals surface area contributed by atoms with Crippen LogP contribution in [0.1, 0.15) is 81.6 Å². The molecule has 0 spiro atoms. The van der Waals surface area contributed by atoms with Gasteiger partial charge in [-0.05, 0) is 129 Å². The minimum atomic E-state index is -4.54. The van der Waals surface area contributed by atoms with Crippen molar-refractivity contribution in [3.63, 3.8) is 0 Å². The van der Waals surface area contributed by atoms with Crippen LogP contribution in [0.2, 0.25) is 5.02 Å². The van der Waals surface area contributed by atoms with Crippen molar-refractivity contribution in [2.75, 3.05) is 61.7 Å². The smallest absolute Gasteiger partial charge is 0.268 e. The lowest BCUT2D eigenvalue weighted by molar-refractivity contribution is 0.0979. The monoisotopic (exact) mass is 938 g/mol. The third-order valence-corrected chi connectivity index (χ3v) is 14.8. The molecule has 8 rings (SSSR count). The molecule has 3 heterocycles. The Morgan fingerprint density at radius 1 is 1.03 bits per heavy atom. The minimum Gasteiger partial charge on any atom is -0.733 e. The van der Waals surface area contributed by atoms with Crippen LogP contribution in [0.3, 0.4) is 0 Å². The number of pyridine rings is 1. The Hall–Kier alpha value is -5.20. The number of nitrogens with one attached hydrogen (secondary N) is 6. The molecule has 2 aromatic heterocycles. The Bertz CT molecular complexity index is 2630. The maximum Gasteiger partial charge on any atom is 0.268 e. The third-order valence-electron chi connectivity index (χ3n) is 13.2. The zero-order valence-corrected chi connectivity index (χ0v) is 39.4. The lowest BCUT2D eigenvalue weighted by Gasteiger charge is -2.41. The molecule has 0 radical (unpaired) electrons. The number of allylic oxidation sites excluding steroid dienone is 1. The Kier molecular flexibility index (Phi) is 14.9. The molecule has 352 valence electrons. The maximum absolute atomic E-state index is 13.9. The van der Waals surface area contributed by atoms with E-state index < -0.39 is 15.9 Å². The molecule has 0 bridgehead atoms. The number of sulfonamides is 1. The molecular formula is C49H61ClN9O6S-. The highest BCUT2D eigenvalue weighted by Crippen LogP contribution is 2.43. The van der Waals surface area contributed by atoms with Gasteiger partial charge >= 0.3 is 0 Å². The first-order valence-electron chi connectivity index (χ1n) is 22.9. The van der Waals surface area contributed by atoms with Gasteiger partial charge in [0.25, 0.3) is 15.9 Å². The zero-order valence-electron chi connectivity index (χ0n) is 37.8. The van der Waals surface area contributed by atoms with Crippen LogP contribution < -0.4 is 36.0 Å². The standard InChI is InChI=1S/C49H61ClN9O6S/c1-32-31-58(23-22-52-32)39-11-4-33(5-12-39)28-55-44-15-13-41(26-45(44)59(61)62)66(63,64)57-48(60)42-14-10-38(25-46(42)65-40-24-35-17-19-54-47(35)56-30-40)53-21-20-51-29-36-16-18-49(2,3)27-43(36)34-6-8-37(50)9-7-34/h6-10,13-15,17,19,24-26,30,32-33,39,51-53,55,61H,4-5,11-12,16,18,20-23,27-29,31H2,1-3H3,(H,54,56)(H,57,60)/q-1/t32-,33?,39?/m0/s1. The number of fused-ring (bicyclic) bond motifs is 1. The molecule has 1 atom stereocenters. The molecule has 7 N–H and O–H groups in total. The van der Waals surface area contributed by atoms with Gasteiger partial charge in [-0.1, -0.05) is 43.2 Å². The van der Waals surface area contributed by atoms with Crippen LogP contribution >= 0.6 is 11.6 Å². The molecule has 66 heavy (non-hydrogen) atoms. The van der Waals surface area contributed by atoms with Crippen LogP contribution in [0.15, 0.2) is 95.7 Å². The number of amides is 1. The summed E-state index contributed by atoms with van der Waals surface area (Å²) < 4.78 is 35.9. The number of halogens is 1. The molecule has 0 unspecified atom stereocenters. The van der Waals surface area contributed by atoms with Crippen molar-refractivity contribution in [1.29, 1.82) is 0 Å². The van der Waals surface area contributed by atoms with E-state index in [1.165, 1.54) is 41.1 Å². The summed E-state index contributed by atoms with van der Waals surface area (Å²) in [5, 5.41) is 37.4. The fourth-order valence-corrected chi connectivity index (χ4v) is 10.6. The quantitative estimate of drug-likeness (QED) is 0.0345. The molecule has 17 heteroatoms. The molecule has 1 saturated heterocycles. The van der Waals surface area contributed by atoms with E-state index in [9.17, 15) is 23.6 Å². The number of hydrogen-bond acceptors (Lipinski definition) is 13. The van der Waals surface area contributed by atoms with E-state index in [-0.39, 0.29) is 38.2 Å². The first kappa shape index (κ1) is 47.3. The molecule has 1 saturated carbocycles. The van der Waals surface area contributed by atoms with E-state index in [1.807, 2.05) is 18.2 Å². The molecule has 15 nitrogen and oxygen atoms in total. The summed E-state index contributed by atoms with van der Waals surface area (Å²) >= 11 is 6.20. The van der Waals surface area contributed by atoms with E-state index in [0.29, 0.717) is 59.7 Å².